The maximum atomic E-state index is 12.9. The van der Waals surface area contributed by atoms with E-state index in [-0.39, 0.29) is 5.60 Å². The fraction of sp³-hybridized carbons (Fsp3) is 0.526. The topological polar surface area (TPSA) is 60.4 Å². The zero-order valence-electron chi connectivity index (χ0n) is 14.7. The molecule has 0 unspecified atom stereocenters. The van der Waals surface area contributed by atoms with Gasteiger partial charge in [0.05, 0.1) is 32.1 Å². The zero-order chi connectivity index (χ0) is 17.8. The van der Waals surface area contributed by atoms with Crippen LogP contribution in [-0.4, -0.2) is 46.9 Å². The Kier molecular flexibility index (Phi) is 5.08. The first-order valence-electron chi connectivity index (χ1n) is 9.06. The highest BCUT2D eigenvalue weighted by molar-refractivity contribution is 5.37. The van der Waals surface area contributed by atoms with E-state index in [1.165, 1.54) is 12.4 Å². The zero-order valence-corrected chi connectivity index (χ0v) is 14.7. The minimum atomic E-state index is -0.412. The van der Waals surface area contributed by atoms with E-state index in [0.717, 1.165) is 51.1 Å². The number of hydrogen-bond donors (Lipinski definition) is 0. The van der Waals surface area contributed by atoms with Gasteiger partial charge in [-0.05, 0) is 42.9 Å². The molecule has 7 heteroatoms. The quantitative estimate of drug-likeness (QED) is 0.740. The van der Waals surface area contributed by atoms with Crippen LogP contribution in [-0.2, 0) is 16.1 Å². The third-order valence-electron chi connectivity index (χ3n) is 5.13. The lowest BCUT2D eigenvalue weighted by Gasteiger charge is -2.53. The number of nitrogens with zero attached hydrogens (tertiary/aromatic N) is 4. The molecule has 0 N–H and O–H groups in total. The molecule has 2 aromatic heterocycles. The van der Waals surface area contributed by atoms with E-state index in [1.807, 2.05) is 17.0 Å². The lowest BCUT2D eigenvalue weighted by molar-refractivity contribution is -0.116. The van der Waals surface area contributed by atoms with Crippen LogP contribution in [0, 0.1) is 11.7 Å². The molecule has 2 fully saturated rings. The first kappa shape index (κ1) is 17.3. The molecule has 2 saturated heterocycles. The molecule has 138 valence electrons. The molecular formula is C19H23FN4O2. The molecule has 2 aromatic rings. The highest BCUT2D eigenvalue weighted by atomic mass is 19.1. The number of hydrogen-bond acceptors (Lipinski definition) is 6. The Labute approximate surface area is 152 Å². The summed E-state index contributed by atoms with van der Waals surface area (Å²) < 4.78 is 24.8. The first-order chi connectivity index (χ1) is 12.7. The second-order valence-corrected chi connectivity index (χ2v) is 7.14. The Bertz CT molecular complexity index is 707. The summed E-state index contributed by atoms with van der Waals surface area (Å²) >= 11 is 0. The molecule has 26 heavy (non-hydrogen) atoms. The maximum Gasteiger partial charge on any atom is 0.225 e. The smallest absolute Gasteiger partial charge is 0.225 e. The van der Waals surface area contributed by atoms with Crippen LogP contribution >= 0.6 is 0 Å². The van der Waals surface area contributed by atoms with Gasteiger partial charge < -0.3 is 14.4 Å². The van der Waals surface area contributed by atoms with E-state index in [2.05, 4.69) is 15.0 Å². The Morgan fingerprint density at radius 2 is 2.00 bits per heavy atom. The van der Waals surface area contributed by atoms with E-state index < -0.39 is 5.82 Å². The van der Waals surface area contributed by atoms with Gasteiger partial charge in [-0.25, -0.2) is 14.4 Å². The van der Waals surface area contributed by atoms with Crippen molar-refractivity contribution < 1.29 is 13.9 Å². The van der Waals surface area contributed by atoms with Crippen LogP contribution in [0.3, 0.4) is 0 Å². The van der Waals surface area contributed by atoms with Crippen LogP contribution in [0.4, 0.5) is 10.3 Å². The summed E-state index contributed by atoms with van der Waals surface area (Å²) in [5.41, 5.74) is 1.04. The van der Waals surface area contributed by atoms with Crippen molar-refractivity contribution in [1.82, 2.24) is 15.0 Å². The molecule has 6 nitrogen and oxygen atoms in total. The molecule has 4 heterocycles. The number of aromatic nitrogens is 3. The lowest BCUT2D eigenvalue weighted by Crippen LogP contribution is -2.66. The summed E-state index contributed by atoms with van der Waals surface area (Å²) in [5.74, 6) is 0.769. The summed E-state index contributed by atoms with van der Waals surface area (Å²) in [4.78, 5) is 14.1. The molecule has 0 aromatic carbocycles. The van der Waals surface area contributed by atoms with Crippen LogP contribution in [0.1, 0.15) is 24.8 Å². The van der Waals surface area contributed by atoms with Crippen LogP contribution in [0.5, 0.6) is 0 Å². The van der Waals surface area contributed by atoms with Crippen molar-refractivity contribution in [3.8, 4) is 0 Å². The minimum Gasteiger partial charge on any atom is -0.377 e. The molecule has 2 aliphatic rings. The monoisotopic (exact) mass is 358 g/mol. The molecule has 0 bridgehead atoms. The predicted octanol–water partition coefficient (Wildman–Crippen LogP) is 2.60. The van der Waals surface area contributed by atoms with Crippen molar-refractivity contribution in [1.29, 1.82) is 0 Å². The largest absolute Gasteiger partial charge is 0.377 e. The van der Waals surface area contributed by atoms with E-state index in [9.17, 15) is 4.39 Å². The maximum absolute atomic E-state index is 12.9. The highest BCUT2D eigenvalue weighted by Gasteiger charge is 2.48. The fourth-order valence-corrected chi connectivity index (χ4v) is 3.77. The van der Waals surface area contributed by atoms with Gasteiger partial charge in [-0.2, -0.15) is 0 Å². The summed E-state index contributed by atoms with van der Waals surface area (Å²) in [6, 6.07) is 3.95. The van der Waals surface area contributed by atoms with Gasteiger partial charge in [0, 0.05) is 25.6 Å². The predicted molar refractivity (Wildman–Crippen MR) is 94.1 cm³/mol. The normalized spacial score (nSPS) is 21.6. The van der Waals surface area contributed by atoms with Crippen molar-refractivity contribution in [2.45, 2.75) is 31.5 Å². The molecule has 0 radical (unpaired) electrons. The Balaban J connectivity index is 1.22. The van der Waals surface area contributed by atoms with Gasteiger partial charge in [0.15, 0.2) is 5.82 Å². The summed E-state index contributed by atoms with van der Waals surface area (Å²) in [6.45, 7) is 3.72. The molecular weight excluding hydrogens is 335 g/mol. The molecule has 1 atom stereocenters. The third-order valence-corrected chi connectivity index (χ3v) is 5.13. The van der Waals surface area contributed by atoms with Gasteiger partial charge in [-0.15, -0.1) is 0 Å². The third kappa shape index (κ3) is 3.99. The second-order valence-electron chi connectivity index (χ2n) is 7.14. The summed E-state index contributed by atoms with van der Waals surface area (Å²) in [5, 5.41) is 0. The molecule has 2 aliphatic heterocycles. The van der Waals surface area contributed by atoms with Crippen molar-refractivity contribution in [2.75, 3.05) is 31.2 Å². The van der Waals surface area contributed by atoms with E-state index >= 15 is 0 Å². The van der Waals surface area contributed by atoms with Crippen LogP contribution < -0.4 is 4.90 Å². The van der Waals surface area contributed by atoms with Gasteiger partial charge in [-0.1, -0.05) is 0 Å². The molecule has 0 saturated carbocycles. The van der Waals surface area contributed by atoms with Gasteiger partial charge >= 0.3 is 0 Å². The van der Waals surface area contributed by atoms with Gasteiger partial charge in [-0.3, -0.25) is 4.98 Å². The minimum absolute atomic E-state index is 0.105. The van der Waals surface area contributed by atoms with E-state index in [4.69, 9.17) is 9.47 Å². The summed E-state index contributed by atoms with van der Waals surface area (Å²) in [6.07, 6.45) is 9.14. The Morgan fingerprint density at radius 3 is 2.77 bits per heavy atom. The fourth-order valence-electron chi connectivity index (χ4n) is 3.77. The second kappa shape index (κ2) is 7.63. The highest BCUT2D eigenvalue weighted by Crippen LogP contribution is 2.39. The number of ether oxygens (including phenoxy) is 2. The van der Waals surface area contributed by atoms with Crippen molar-refractivity contribution >= 4 is 5.95 Å². The Hall–Kier alpha value is -2.12. The van der Waals surface area contributed by atoms with Crippen molar-refractivity contribution in [3.63, 3.8) is 0 Å². The number of rotatable bonds is 6. The molecule has 0 aliphatic carbocycles. The molecule has 1 spiro atoms. The molecule has 0 amide bonds. The SMILES string of the molecule is Fc1cnc(N2CC3(C[C@@H](CCOCc4ccncc4)CCO3)C2)nc1. The van der Waals surface area contributed by atoms with Crippen LogP contribution in [0.2, 0.25) is 0 Å². The van der Waals surface area contributed by atoms with Gasteiger partial charge in [0.2, 0.25) is 5.95 Å². The van der Waals surface area contributed by atoms with Crippen molar-refractivity contribution in [3.05, 3.63) is 48.3 Å². The first-order valence-corrected chi connectivity index (χ1v) is 9.06. The Morgan fingerprint density at radius 1 is 1.23 bits per heavy atom. The van der Waals surface area contributed by atoms with Crippen LogP contribution in [0.25, 0.3) is 0 Å². The van der Waals surface area contributed by atoms with Gasteiger partial charge in [0.25, 0.3) is 0 Å². The van der Waals surface area contributed by atoms with Crippen LogP contribution in [0.15, 0.2) is 36.9 Å². The lowest BCUT2D eigenvalue weighted by atomic mass is 9.79. The van der Waals surface area contributed by atoms with E-state index in [0.29, 0.717) is 18.5 Å². The molecule has 4 rings (SSSR count). The van der Waals surface area contributed by atoms with Crippen molar-refractivity contribution in [2.24, 2.45) is 5.92 Å². The van der Waals surface area contributed by atoms with E-state index in [1.54, 1.807) is 12.4 Å². The number of anilines is 1. The number of pyridine rings is 1. The average Bonchev–Trinajstić information content (AvgIpc) is 2.65. The average molecular weight is 358 g/mol. The number of halogens is 1. The standard InChI is InChI=1S/C19H23FN4O2/c20-17-10-22-18(23-11-17)24-13-19(14-24)9-15(4-8-26-19)3-7-25-12-16-1-5-21-6-2-16/h1-2,5-6,10-11,15H,3-4,7-9,12-14H2/t15-/m0/s1. The summed E-state index contributed by atoms with van der Waals surface area (Å²) in [7, 11) is 0. The van der Waals surface area contributed by atoms with Gasteiger partial charge in [0.1, 0.15) is 5.60 Å².